The van der Waals surface area contributed by atoms with Crippen molar-refractivity contribution in [3.63, 3.8) is 0 Å². The van der Waals surface area contributed by atoms with Crippen LogP contribution in [0.5, 0.6) is 11.5 Å². The smallest absolute Gasteiger partial charge is 0.229 e. The van der Waals surface area contributed by atoms with Crippen LogP contribution in [0.2, 0.25) is 0 Å². The maximum atomic E-state index is 10.1. The van der Waals surface area contributed by atoms with Crippen LogP contribution in [-0.4, -0.2) is 68.0 Å². The van der Waals surface area contributed by atoms with Crippen LogP contribution in [0.4, 0.5) is 0 Å². The minimum absolute atomic E-state index is 0.107. The molecule has 1 aromatic carbocycles. The van der Waals surface area contributed by atoms with Gasteiger partial charge in [-0.05, 0) is 18.6 Å². The molecule has 0 saturated carbocycles. The SMILES string of the molecule is CCC/C=C/c1c(O[C@@H]2O[C@H](CO)[C@@H](O)[C@H](O)[C@H]2O)ccc(O)c1CO. The molecule has 0 radical (unpaired) electrons. The van der Waals surface area contributed by atoms with Gasteiger partial charge >= 0.3 is 0 Å². The molecule has 1 saturated heterocycles. The van der Waals surface area contributed by atoms with Gasteiger partial charge in [0.2, 0.25) is 6.29 Å². The van der Waals surface area contributed by atoms with Gasteiger partial charge in [0.15, 0.2) is 0 Å². The van der Waals surface area contributed by atoms with Gasteiger partial charge in [0.1, 0.15) is 35.9 Å². The summed E-state index contributed by atoms with van der Waals surface area (Å²) in [6.45, 7) is 1.01. The highest BCUT2D eigenvalue weighted by Crippen LogP contribution is 2.33. The first-order valence-electron chi connectivity index (χ1n) is 8.54. The predicted molar refractivity (Wildman–Crippen MR) is 92.4 cm³/mol. The maximum Gasteiger partial charge on any atom is 0.229 e. The number of aliphatic hydroxyl groups is 5. The average Bonchev–Trinajstić information content (AvgIpc) is 2.64. The highest BCUT2D eigenvalue weighted by atomic mass is 16.7. The zero-order chi connectivity index (χ0) is 19.3. The summed E-state index contributed by atoms with van der Waals surface area (Å²) >= 11 is 0. The van der Waals surface area contributed by atoms with Crippen molar-refractivity contribution in [1.29, 1.82) is 0 Å². The van der Waals surface area contributed by atoms with Gasteiger partial charge in [0.05, 0.1) is 13.2 Å². The van der Waals surface area contributed by atoms with Crippen LogP contribution in [0.25, 0.3) is 6.08 Å². The summed E-state index contributed by atoms with van der Waals surface area (Å²) in [6, 6.07) is 2.78. The molecule has 0 aliphatic carbocycles. The Morgan fingerprint density at radius 3 is 2.46 bits per heavy atom. The van der Waals surface area contributed by atoms with Crippen molar-refractivity contribution < 1.29 is 40.1 Å². The summed E-state index contributed by atoms with van der Waals surface area (Å²) < 4.78 is 11.0. The van der Waals surface area contributed by atoms with Crippen LogP contribution >= 0.6 is 0 Å². The Morgan fingerprint density at radius 1 is 1.12 bits per heavy atom. The van der Waals surface area contributed by atoms with E-state index in [1.165, 1.54) is 12.1 Å². The Morgan fingerprint density at radius 2 is 1.85 bits per heavy atom. The number of unbranched alkanes of at least 4 members (excludes halogenated alkanes) is 1. The van der Waals surface area contributed by atoms with E-state index in [0.29, 0.717) is 5.56 Å². The van der Waals surface area contributed by atoms with Crippen LogP contribution in [0.15, 0.2) is 18.2 Å². The van der Waals surface area contributed by atoms with Crippen molar-refractivity contribution in [3.8, 4) is 11.5 Å². The molecule has 0 amide bonds. The Bertz CT molecular complexity index is 615. The molecule has 8 nitrogen and oxygen atoms in total. The fraction of sp³-hybridized carbons (Fsp3) is 0.556. The molecular weight excluding hydrogens is 344 g/mol. The normalized spacial score (nSPS) is 29.2. The zero-order valence-corrected chi connectivity index (χ0v) is 14.5. The second kappa shape index (κ2) is 9.31. The number of allylic oxidation sites excluding steroid dienone is 1. The largest absolute Gasteiger partial charge is 0.508 e. The van der Waals surface area contributed by atoms with Gasteiger partial charge in [-0.15, -0.1) is 0 Å². The second-order valence-corrected chi connectivity index (χ2v) is 6.14. The topological polar surface area (TPSA) is 140 Å². The fourth-order valence-corrected chi connectivity index (χ4v) is 2.74. The van der Waals surface area contributed by atoms with Gasteiger partial charge in [-0.2, -0.15) is 0 Å². The van der Waals surface area contributed by atoms with E-state index in [1.54, 1.807) is 6.08 Å². The molecule has 6 N–H and O–H groups in total. The predicted octanol–water partition coefficient (Wildman–Crippen LogP) is -0.124. The van der Waals surface area contributed by atoms with Crippen LogP contribution in [-0.2, 0) is 11.3 Å². The number of ether oxygens (including phenoxy) is 2. The van der Waals surface area contributed by atoms with E-state index in [-0.39, 0.29) is 17.1 Å². The molecule has 0 spiro atoms. The van der Waals surface area contributed by atoms with Gasteiger partial charge < -0.3 is 40.1 Å². The Hall–Kier alpha value is -1.68. The van der Waals surface area contributed by atoms with Crippen LogP contribution in [0.1, 0.15) is 30.9 Å². The lowest BCUT2D eigenvalue weighted by Crippen LogP contribution is -2.60. The highest BCUT2D eigenvalue weighted by molar-refractivity contribution is 5.64. The quantitative estimate of drug-likeness (QED) is 0.390. The molecule has 1 aliphatic heterocycles. The molecule has 0 bridgehead atoms. The molecule has 26 heavy (non-hydrogen) atoms. The van der Waals surface area contributed by atoms with E-state index < -0.39 is 43.9 Å². The first-order chi connectivity index (χ1) is 12.4. The van der Waals surface area contributed by atoms with Crippen molar-refractivity contribution in [2.24, 2.45) is 0 Å². The van der Waals surface area contributed by atoms with Crippen molar-refractivity contribution in [2.45, 2.75) is 57.1 Å². The molecule has 2 rings (SSSR count). The van der Waals surface area contributed by atoms with Gasteiger partial charge in [0, 0.05) is 11.1 Å². The molecule has 146 valence electrons. The Labute approximate surface area is 151 Å². The Balaban J connectivity index is 2.33. The molecule has 1 aromatic rings. The lowest BCUT2D eigenvalue weighted by molar-refractivity contribution is -0.277. The van der Waals surface area contributed by atoms with E-state index in [2.05, 4.69) is 0 Å². The van der Waals surface area contributed by atoms with E-state index >= 15 is 0 Å². The molecule has 8 heteroatoms. The highest BCUT2D eigenvalue weighted by Gasteiger charge is 2.44. The van der Waals surface area contributed by atoms with Gasteiger partial charge in [0.25, 0.3) is 0 Å². The number of benzene rings is 1. The van der Waals surface area contributed by atoms with Crippen LogP contribution in [0, 0.1) is 0 Å². The summed E-state index contributed by atoms with van der Waals surface area (Å²) in [5.74, 6) is 0.105. The van der Waals surface area contributed by atoms with E-state index in [9.17, 15) is 30.6 Å². The number of hydrogen-bond acceptors (Lipinski definition) is 8. The van der Waals surface area contributed by atoms with Gasteiger partial charge in [-0.25, -0.2) is 0 Å². The van der Waals surface area contributed by atoms with Crippen molar-refractivity contribution >= 4 is 6.08 Å². The number of hydrogen-bond donors (Lipinski definition) is 6. The zero-order valence-electron chi connectivity index (χ0n) is 14.5. The number of rotatable bonds is 7. The van der Waals surface area contributed by atoms with Crippen LogP contribution in [0.3, 0.4) is 0 Å². The molecule has 5 atom stereocenters. The van der Waals surface area contributed by atoms with Gasteiger partial charge in [-0.1, -0.05) is 25.5 Å². The first-order valence-corrected chi connectivity index (χ1v) is 8.54. The minimum Gasteiger partial charge on any atom is -0.508 e. The number of aromatic hydroxyl groups is 1. The minimum atomic E-state index is -1.56. The van der Waals surface area contributed by atoms with Gasteiger partial charge in [-0.3, -0.25) is 0 Å². The van der Waals surface area contributed by atoms with E-state index in [4.69, 9.17) is 9.47 Å². The summed E-state index contributed by atoms with van der Waals surface area (Å²) in [5.41, 5.74) is 0.664. The monoisotopic (exact) mass is 370 g/mol. The van der Waals surface area contributed by atoms with Crippen molar-refractivity contribution in [2.75, 3.05) is 6.61 Å². The van der Waals surface area contributed by atoms with Crippen LogP contribution < -0.4 is 4.74 Å². The standard InChI is InChI=1S/C18H26O8/c1-2-3-4-5-10-11(8-19)12(21)6-7-13(10)25-18-17(24)16(23)15(22)14(9-20)26-18/h4-7,14-24H,2-3,8-9H2,1H3/b5-4+/t14-,15-,16+,17-,18-/m1/s1. The Kier molecular flexibility index (Phi) is 7.39. The molecule has 1 fully saturated rings. The fourth-order valence-electron chi connectivity index (χ4n) is 2.74. The first kappa shape index (κ1) is 20.6. The molecule has 1 aliphatic rings. The van der Waals surface area contributed by atoms with Crippen molar-refractivity contribution in [3.05, 3.63) is 29.3 Å². The summed E-state index contributed by atoms with van der Waals surface area (Å²) in [5, 5.41) is 58.6. The second-order valence-electron chi connectivity index (χ2n) is 6.14. The third kappa shape index (κ3) is 4.35. The third-order valence-corrected chi connectivity index (χ3v) is 4.28. The lowest BCUT2D eigenvalue weighted by Gasteiger charge is -2.39. The molecular formula is C18H26O8. The summed E-state index contributed by atoms with van der Waals surface area (Å²) in [6.07, 6.45) is -1.79. The molecule has 0 aromatic heterocycles. The van der Waals surface area contributed by atoms with Crippen molar-refractivity contribution in [1.82, 2.24) is 0 Å². The maximum absolute atomic E-state index is 10.1. The summed E-state index contributed by atoms with van der Waals surface area (Å²) in [4.78, 5) is 0. The number of phenols is 1. The summed E-state index contributed by atoms with van der Waals surface area (Å²) in [7, 11) is 0. The molecule has 0 unspecified atom stereocenters. The van der Waals surface area contributed by atoms with E-state index in [1.807, 2.05) is 13.0 Å². The lowest BCUT2D eigenvalue weighted by atomic mass is 9.99. The third-order valence-electron chi connectivity index (χ3n) is 4.28. The van der Waals surface area contributed by atoms with E-state index in [0.717, 1.165) is 12.8 Å². The molecule has 1 heterocycles. The average molecular weight is 370 g/mol. The number of aliphatic hydroxyl groups excluding tert-OH is 5.